The lowest BCUT2D eigenvalue weighted by molar-refractivity contribution is -0.161. The zero-order valence-electron chi connectivity index (χ0n) is 61.6. The van der Waals surface area contributed by atoms with Crippen LogP contribution in [-0.2, 0) is 65.4 Å². The second kappa shape index (κ2) is 64.4. The van der Waals surface area contributed by atoms with E-state index < -0.39 is 97.5 Å². The van der Waals surface area contributed by atoms with Crippen LogP contribution in [0.5, 0.6) is 0 Å². The monoisotopic (exact) mass is 1380 g/mol. The van der Waals surface area contributed by atoms with Crippen molar-refractivity contribution < 1.29 is 80.2 Å². The average molecular weight is 1380 g/mol. The van der Waals surface area contributed by atoms with Crippen LogP contribution in [0.1, 0.15) is 376 Å². The highest BCUT2D eigenvalue weighted by Gasteiger charge is 2.30. The van der Waals surface area contributed by atoms with E-state index in [-0.39, 0.29) is 25.7 Å². The molecule has 0 saturated heterocycles. The first kappa shape index (κ1) is 92.1. The number of carbonyl (C=O) groups excluding carboxylic acids is 4. The first-order valence-electron chi connectivity index (χ1n) is 38.7. The molecule has 19 heteroatoms. The molecule has 0 radical (unpaired) electrons. The normalized spacial score (nSPS) is 14.2. The van der Waals surface area contributed by atoms with Crippen molar-refractivity contribution in [3.05, 3.63) is 0 Å². The summed E-state index contributed by atoms with van der Waals surface area (Å²) in [7, 11) is -9.91. The Labute approximate surface area is 575 Å². The molecule has 0 aliphatic rings. The van der Waals surface area contributed by atoms with Crippen molar-refractivity contribution in [2.75, 3.05) is 39.6 Å². The summed E-state index contributed by atoms with van der Waals surface area (Å²) < 4.78 is 68.4. The maximum Gasteiger partial charge on any atom is 0.472 e. The smallest absolute Gasteiger partial charge is 0.462 e. The first-order valence-corrected chi connectivity index (χ1v) is 41.7. The van der Waals surface area contributed by atoms with Crippen LogP contribution in [0.15, 0.2) is 0 Å². The summed E-state index contributed by atoms with van der Waals surface area (Å²) in [4.78, 5) is 72.7. The van der Waals surface area contributed by atoms with Gasteiger partial charge in [-0.3, -0.25) is 37.3 Å². The van der Waals surface area contributed by atoms with Crippen molar-refractivity contribution in [3.8, 4) is 0 Å². The molecule has 5 atom stereocenters. The maximum absolute atomic E-state index is 13.0. The molecule has 17 nitrogen and oxygen atoms in total. The molecule has 0 aromatic rings. The molecule has 0 fully saturated rings. The minimum absolute atomic E-state index is 0.106. The van der Waals surface area contributed by atoms with Crippen LogP contribution >= 0.6 is 15.6 Å². The van der Waals surface area contributed by atoms with Crippen LogP contribution in [0.4, 0.5) is 0 Å². The number of aliphatic hydroxyl groups excluding tert-OH is 1. The van der Waals surface area contributed by atoms with E-state index in [1.807, 2.05) is 0 Å². The topological polar surface area (TPSA) is 237 Å². The molecule has 0 bridgehead atoms. The van der Waals surface area contributed by atoms with Crippen LogP contribution in [0.25, 0.3) is 0 Å². The van der Waals surface area contributed by atoms with E-state index in [1.165, 1.54) is 167 Å². The maximum atomic E-state index is 13.0. The summed E-state index contributed by atoms with van der Waals surface area (Å²) in [5.41, 5.74) is 0. The number of phosphoric acid groups is 2. The largest absolute Gasteiger partial charge is 0.472 e. The van der Waals surface area contributed by atoms with Crippen LogP contribution in [0.2, 0.25) is 0 Å². The van der Waals surface area contributed by atoms with Crippen molar-refractivity contribution in [2.24, 2.45) is 23.7 Å². The second-order valence-corrected chi connectivity index (χ2v) is 31.9. The van der Waals surface area contributed by atoms with Crippen LogP contribution < -0.4 is 0 Å². The molecule has 0 rings (SSSR count). The van der Waals surface area contributed by atoms with Crippen molar-refractivity contribution in [1.29, 1.82) is 0 Å². The fourth-order valence-electron chi connectivity index (χ4n) is 11.4. The number of ether oxygens (including phenoxy) is 4. The Balaban J connectivity index is 5.19. The number of phosphoric ester groups is 2. The minimum atomic E-state index is -4.96. The van der Waals surface area contributed by atoms with Gasteiger partial charge in [-0.1, -0.05) is 325 Å². The average Bonchev–Trinajstić information content (AvgIpc) is 1.15. The number of unbranched alkanes of at least 4 members (excludes halogenated alkanes) is 38. The van der Waals surface area contributed by atoms with Gasteiger partial charge in [-0.25, -0.2) is 9.13 Å². The van der Waals surface area contributed by atoms with Crippen molar-refractivity contribution in [3.63, 3.8) is 0 Å². The van der Waals surface area contributed by atoms with Crippen molar-refractivity contribution in [1.82, 2.24) is 0 Å². The zero-order chi connectivity index (χ0) is 69.6. The van der Waals surface area contributed by atoms with E-state index in [2.05, 4.69) is 55.4 Å². The van der Waals surface area contributed by atoms with E-state index in [0.717, 1.165) is 115 Å². The Morgan fingerprint density at radius 2 is 0.447 bits per heavy atom. The third kappa shape index (κ3) is 68.6. The Bertz CT molecular complexity index is 1850. The van der Waals surface area contributed by atoms with Crippen molar-refractivity contribution >= 4 is 39.5 Å². The summed E-state index contributed by atoms with van der Waals surface area (Å²) in [5.74, 6) is 0.857. The molecule has 0 spiro atoms. The molecular weight excluding hydrogens is 1230 g/mol. The van der Waals surface area contributed by atoms with Gasteiger partial charge in [0, 0.05) is 25.7 Å². The van der Waals surface area contributed by atoms with E-state index in [1.54, 1.807) is 0 Å². The molecule has 0 saturated carbocycles. The number of aliphatic hydroxyl groups is 1. The predicted molar refractivity (Wildman–Crippen MR) is 381 cm³/mol. The van der Waals surface area contributed by atoms with Gasteiger partial charge in [0.2, 0.25) is 0 Å². The standard InChI is InChI=1S/C75H146O17P2/c1-65(2)51-43-35-27-22-18-14-10-9-11-16-20-24-30-41-49-57-74(79)91-70(61-85-72(77)55-47-39-32-26-29-37-45-53-67(5)6)63-89-93(81,82)87-59-69(76)60-88-94(83,84)90-64-71(62-86-73(78)56-48-40-34-33-38-46-54-68(7)8)92-75(80)58-50-42-31-25-21-17-13-12-15-19-23-28-36-44-52-66(3)4/h65-71,76H,9-64H2,1-8H3,(H,81,82)(H,83,84)/t69-,70-,71-/m1/s1. The molecular formula is C75H146O17P2. The van der Waals surface area contributed by atoms with E-state index in [9.17, 15) is 43.2 Å². The molecule has 558 valence electrons. The summed E-state index contributed by atoms with van der Waals surface area (Å²) in [6.45, 7) is 14.1. The Morgan fingerprint density at radius 3 is 0.660 bits per heavy atom. The summed E-state index contributed by atoms with van der Waals surface area (Å²) in [6.07, 6.45) is 48.9. The molecule has 0 amide bonds. The molecule has 2 unspecified atom stereocenters. The Morgan fingerprint density at radius 1 is 0.266 bits per heavy atom. The Kier molecular flexibility index (Phi) is 63.1. The van der Waals surface area contributed by atoms with Gasteiger partial charge < -0.3 is 33.8 Å². The highest BCUT2D eigenvalue weighted by molar-refractivity contribution is 7.47. The minimum Gasteiger partial charge on any atom is -0.462 e. The van der Waals surface area contributed by atoms with Gasteiger partial charge in [0.15, 0.2) is 12.2 Å². The van der Waals surface area contributed by atoms with Crippen LogP contribution in [0.3, 0.4) is 0 Å². The molecule has 0 aromatic heterocycles. The lowest BCUT2D eigenvalue weighted by Gasteiger charge is -2.21. The SMILES string of the molecule is CC(C)CCCCCCCCCCCCCCCCCC(=O)O[C@H](COC(=O)CCCCCCCCCC(C)C)COP(=O)(O)OC[C@@H](O)COP(=O)(O)OC[C@@H](COC(=O)CCCCCCCCC(C)C)OC(=O)CCCCCCCCCCCCCCCCC(C)C. The van der Waals surface area contributed by atoms with Gasteiger partial charge in [-0.05, 0) is 49.4 Å². The van der Waals surface area contributed by atoms with Gasteiger partial charge in [0.05, 0.1) is 26.4 Å². The quantitative estimate of drug-likeness (QED) is 0.0222. The first-order chi connectivity index (χ1) is 45.1. The van der Waals surface area contributed by atoms with E-state index in [4.69, 9.17) is 37.0 Å². The summed E-state index contributed by atoms with van der Waals surface area (Å²) in [6, 6.07) is 0. The van der Waals surface area contributed by atoms with E-state index in [0.29, 0.717) is 37.5 Å². The number of hydrogen-bond donors (Lipinski definition) is 3. The van der Waals surface area contributed by atoms with Gasteiger partial charge in [-0.2, -0.15) is 0 Å². The molecule has 0 aliphatic carbocycles. The van der Waals surface area contributed by atoms with Gasteiger partial charge in [0.25, 0.3) is 0 Å². The summed E-state index contributed by atoms with van der Waals surface area (Å²) in [5, 5.41) is 10.6. The third-order valence-corrected chi connectivity index (χ3v) is 19.2. The molecule has 0 aliphatic heterocycles. The fraction of sp³-hybridized carbons (Fsp3) is 0.947. The lowest BCUT2D eigenvalue weighted by Crippen LogP contribution is -2.30. The zero-order valence-corrected chi connectivity index (χ0v) is 63.4. The number of carbonyl (C=O) groups is 4. The van der Waals surface area contributed by atoms with E-state index >= 15 is 0 Å². The number of esters is 4. The van der Waals surface area contributed by atoms with Gasteiger partial charge in [-0.15, -0.1) is 0 Å². The van der Waals surface area contributed by atoms with Crippen LogP contribution in [-0.4, -0.2) is 96.7 Å². The summed E-state index contributed by atoms with van der Waals surface area (Å²) >= 11 is 0. The molecule has 94 heavy (non-hydrogen) atoms. The fourth-order valence-corrected chi connectivity index (χ4v) is 13.0. The lowest BCUT2D eigenvalue weighted by atomic mass is 10.0. The second-order valence-electron chi connectivity index (χ2n) is 28.9. The number of rotatable bonds is 72. The van der Waals surface area contributed by atoms with Crippen LogP contribution in [0, 0.1) is 23.7 Å². The van der Waals surface area contributed by atoms with Gasteiger partial charge >= 0.3 is 39.5 Å². The molecule has 3 N–H and O–H groups in total. The molecule has 0 aromatic carbocycles. The van der Waals surface area contributed by atoms with Crippen molar-refractivity contribution in [2.45, 2.75) is 395 Å². The van der Waals surface area contributed by atoms with Gasteiger partial charge in [0.1, 0.15) is 19.3 Å². The highest BCUT2D eigenvalue weighted by Crippen LogP contribution is 2.45. The number of hydrogen-bond acceptors (Lipinski definition) is 15. The molecule has 0 heterocycles. The Hall–Kier alpha value is -1.94. The highest BCUT2D eigenvalue weighted by atomic mass is 31.2. The third-order valence-electron chi connectivity index (χ3n) is 17.3. The predicted octanol–water partition coefficient (Wildman–Crippen LogP) is 21.7.